The van der Waals surface area contributed by atoms with Crippen molar-refractivity contribution in [3.8, 4) is 0 Å². The van der Waals surface area contributed by atoms with E-state index in [-0.39, 0.29) is 22.8 Å². The molecule has 0 amide bonds. The van der Waals surface area contributed by atoms with E-state index in [1.807, 2.05) is 6.26 Å². The molecule has 1 rings (SSSR count). The van der Waals surface area contributed by atoms with Gasteiger partial charge in [0.1, 0.15) is 0 Å². The second kappa shape index (κ2) is 6.95. The number of aliphatic hydroxyl groups is 1. The molecule has 0 radical (unpaired) electrons. The first-order valence-corrected chi connectivity index (χ1v) is 8.89. The van der Waals surface area contributed by atoms with Gasteiger partial charge in [-0.1, -0.05) is 17.7 Å². The van der Waals surface area contributed by atoms with Crippen LogP contribution in [-0.2, 0) is 10.0 Å². The summed E-state index contributed by atoms with van der Waals surface area (Å²) < 4.78 is 27.2. The Labute approximate surface area is 123 Å². The van der Waals surface area contributed by atoms with E-state index in [1.165, 1.54) is 17.8 Å². The van der Waals surface area contributed by atoms with E-state index in [9.17, 15) is 13.5 Å². The number of rotatable bonds is 6. The number of thioether (sulfide) groups is 1. The van der Waals surface area contributed by atoms with Gasteiger partial charge in [0.25, 0.3) is 0 Å². The second-order valence-corrected chi connectivity index (χ2v) is 7.47. The number of benzene rings is 1. The molecule has 1 aromatic rings. The van der Waals surface area contributed by atoms with Crippen molar-refractivity contribution in [1.29, 1.82) is 0 Å². The van der Waals surface area contributed by atoms with E-state index in [2.05, 4.69) is 4.72 Å². The predicted molar refractivity (Wildman–Crippen MR) is 80.4 cm³/mol. The van der Waals surface area contributed by atoms with Crippen LogP contribution in [0.1, 0.15) is 12.5 Å². The van der Waals surface area contributed by atoms with Gasteiger partial charge in [-0.3, -0.25) is 0 Å². The Morgan fingerprint density at radius 1 is 1.47 bits per heavy atom. The Bertz CT molecular complexity index is 530. The molecule has 2 atom stereocenters. The minimum absolute atomic E-state index is 0.0839. The zero-order chi connectivity index (χ0) is 14.6. The maximum absolute atomic E-state index is 12.3. The van der Waals surface area contributed by atoms with E-state index >= 15 is 0 Å². The third-order valence-electron chi connectivity index (χ3n) is 2.82. The molecule has 0 aliphatic carbocycles. The fourth-order valence-electron chi connectivity index (χ4n) is 1.68. The third kappa shape index (κ3) is 4.36. The first kappa shape index (κ1) is 16.8. The Hall–Kier alpha value is -0.270. The van der Waals surface area contributed by atoms with Gasteiger partial charge in [0.05, 0.1) is 11.5 Å². The van der Waals surface area contributed by atoms with Gasteiger partial charge in [-0.15, -0.1) is 0 Å². The third-order valence-corrected chi connectivity index (χ3v) is 5.92. The van der Waals surface area contributed by atoms with E-state index in [0.29, 0.717) is 10.6 Å². The fourth-order valence-corrected chi connectivity index (χ4v) is 4.19. The van der Waals surface area contributed by atoms with Crippen LogP contribution in [-0.4, -0.2) is 37.7 Å². The molecular formula is C12H18ClNO3S2. The van der Waals surface area contributed by atoms with E-state index < -0.39 is 10.0 Å². The monoisotopic (exact) mass is 323 g/mol. The summed E-state index contributed by atoms with van der Waals surface area (Å²) >= 11 is 7.26. The molecule has 0 aliphatic rings. The molecule has 0 aromatic heterocycles. The van der Waals surface area contributed by atoms with Gasteiger partial charge in [-0.2, -0.15) is 11.8 Å². The van der Waals surface area contributed by atoms with Gasteiger partial charge in [0.15, 0.2) is 0 Å². The van der Waals surface area contributed by atoms with Gasteiger partial charge in [-0.05, 0) is 37.8 Å². The highest BCUT2D eigenvalue weighted by molar-refractivity contribution is 7.99. The van der Waals surface area contributed by atoms with Crippen molar-refractivity contribution >= 4 is 33.4 Å². The van der Waals surface area contributed by atoms with Crippen molar-refractivity contribution in [2.75, 3.05) is 12.9 Å². The molecule has 2 N–H and O–H groups in total. The topological polar surface area (TPSA) is 66.4 Å². The van der Waals surface area contributed by atoms with E-state index in [0.717, 1.165) is 0 Å². The molecular weight excluding hydrogens is 306 g/mol. The van der Waals surface area contributed by atoms with Crippen LogP contribution in [0.2, 0.25) is 5.02 Å². The molecule has 108 valence electrons. The highest BCUT2D eigenvalue weighted by Gasteiger charge is 2.24. The first-order valence-electron chi connectivity index (χ1n) is 5.74. The van der Waals surface area contributed by atoms with E-state index in [4.69, 9.17) is 11.6 Å². The fraction of sp³-hybridized carbons (Fsp3) is 0.500. The lowest BCUT2D eigenvalue weighted by atomic mass is 10.2. The number of halogens is 1. The van der Waals surface area contributed by atoms with Crippen molar-refractivity contribution in [2.24, 2.45) is 0 Å². The maximum atomic E-state index is 12.3. The van der Waals surface area contributed by atoms with Crippen LogP contribution in [0.4, 0.5) is 0 Å². The Morgan fingerprint density at radius 2 is 2.11 bits per heavy atom. The molecule has 19 heavy (non-hydrogen) atoms. The summed E-state index contributed by atoms with van der Waals surface area (Å²) in [6.07, 6.45) is 1.83. The first-order chi connectivity index (χ1) is 8.81. The van der Waals surface area contributed by atoms with Crippen molar-refractivity contribution in [3.05, 3.63) is 28.8 Å². The molecule has 0 heterocycles. The van der Waals surface area contributed by atoms with Crippen LogP contribution in [0.3, 0.4) is 0 Å². The van der Waals surface area contributed by atoms with Crippen LogP contribution in [0, 0.1) is 6.92 Å². The Kier molecular flexibility index (Phi) is 6.14. The zero-order valence-corrected chi connectivity index (χ0v) is 13.4. The summed E-state index contributed by atoms with van der Waals surface area (Å²) in [7, 11) is -3.64. The molecule has 4 nitrogen and oxygen atoms in total. The van der Waals surface area contributed by atoms with Crippen molar-refractivity contribution in [1.82, 2.24) is 4.72 Å². The van der Waals surface area contributed by atoms with Crippen molar-refractivity contribution in [3.63, 3.8) is 0 Å². The minimum Gasteiger partial charge on any atom is -0.395 e. The number of aliphatic hydroxyl groups excluding tert-OH is 1. The zero-order valence-electron chi connectivity index (χ0n) is 11.1. The molecule has 0 saturated heterocycles. The second-order valence-electron chi connectivity index (χ2n) is 4.28. The lowest BCUT2D eigenvalue weighted by Gasteiger charge is -2.21. The number of hydrogen-bond donors (Lipinski definition) is 2. The molecule has 0 spiro atoms. The molecule has 0 bridgehead atoms. The largest absolute Gasteiger partial charge is 0.395 e. The number of nitrogens with one attached hydrogen (secondary N) is 1. The number of sulfonamides is 1. The predicted octanol–water partition coefficient (Wildman–Crippen LogP) is 2.04. The van der Waals surface area contributed by atoms with Crippen LogP contribution < -0.4 is 4.72 Å². The molecule has 0 saturated carbocycles. The average molecular weight is 324 g/mol. The maximum Gasteiger partial charge on any atom is 0.241 e. The van der Waals surface area contributed by atoms with Crippen LogP contribution in [0.5, 0.6) is 0 Å². The summed E-state index contributed by atoms with van der Waals surface area (Å²) in [5, 5.41) is 9.38. The summed E-state index contributed by atoms with van der Waals surface area (Å²) in [4.78, 5) is 0.171. The Balaban J connectivity index is 3.01. The van der Waals surface area contributed by atoms with Crippen LogP contribution >= 0.6 is 23.4 Å². The lowest BCUT2D eigenvalue weighted by Crippen LogP contribution is -2.41. The van der Waals surface area contributed by atoms with E-state index in [1.54, 1.807) is 26.0 Å². The summed E-state index contributed by atoms with van der Waals surface area (Å²) in [5.41, 5.74) is 0.633. The van der Waals surface area contributed by atoms with Gasteiger partial charge < -0.3 is 5.11 Å². The van der Waals surface area contributed by atoms with Gasteiger partial charge in [0.2, 0.25) is 10.0 Å². The summed E-state index contributed by atoms with van der Waals surface area (Å²) in [6, 6.07) is 4.37. The highest BCUT2D eigenvalue weighted by atomic mass is 35.5. The average Bonchev–Trinajstić information content (AvgIpc) is 2.33. The highest BCUT2D eigenvalue weighted by Crippen LogP contribution is 2.21. The smallest absolute Gasteiger partial charge is 0.241 e. The summed E-state index contributed by atoms with van der Waals surface area (Å²) in [5.74, 6) is 0. The van der Waals surface area contributed by atoms with Crippen molar-refractivity contribution in [2.45, 2.75) is 30.0 Å². The van der Waals surface area contributed by atoms with Crippen LogP contribution in [0.25, 0.3) is 0 Å². The number of hydrogen-bond acceptors (Lipinski definition) is 4. The van der Waals surface area contributed by atoms with Gasteiger partial charge in [-0.25, -0.2) is 13.1 Å². The molecule has 1 aromatic carbocycles. The number of aryl methyl sites for hydroxylation is 1. The minimum atomic E-state index is -3.64. The SMILES string of the molecule is CSC(CO)C(C)NS(=O)(=O)c1cc(Cl)ccc1C. The Morgan fingerprint density at radius 3 is 2.63 bits per heavy atom. The molecule has 0 fully saturated rings. The molecule has 2 unspecified atom stereocenters. The van der Waals surface area contributed by atoms with Crippen LogP contribution in [0.15, 0.2) is 23.1 Å². The van der Waals surface area contributed by atoms with Crippen molar-refractivity contribution < 1.29 is 13.5 Å². The molecule has 0 aliphatic heterocycles. The normalized spacial score (nSPS) is 15.2. The quantitative estimate of drug-likeness (QED) is 0.840. The molecule has 7 heteroatoms. The lowest BCUT2D eigenvalue weighted by molar-refractivity contribution is 0.282. The standard InChI is InChI=1S/C12H18ClNO3S2/c1-8-4-5-10(13)6-12(8)19(16,17)14-9(2)11(7-15)18-3/h4-6,9,11,14-15H,7H2,1-3H3. The summed E-state index contributed by atoms with van der Waals surface area (Å²) in [6.45, 7) is 3.36. The van der Waals surface area contributed by atoms with Gasteiger partial charge in [0, 0.05) is 16.3 Å². The van der Waals surface area contributed by atoms with Gasteiger partial charge >= 0.3 is 0 Å².